The van der Waals surface area contributed by atoms with Crippen molar-refractivity contribution in [3.8, 4) is 34.5 Å². The highest BCUT2D eigenvalue weighted by molar-refractivity contribution is 5.91. The molecule has 0 aliphatic carbocycles. The molecule has 154 valence electrons. The Bertz CT molecular complexity index is 1090. The van der Waals surface area contributed by atoms with Gasteiger partial charge in [-0.3, -0.25) is 0 Å². The number of benzene rings is 3. The van der Waals surface area contributed by atoms with E-state index in [9.17, 15) is 30.3 Å². The van der Waals surface area contributed by atoms with Crippen LogP contribution in [0, 0.1) is 0 Å². The van der Waals surface area contributed by atoms with Crippen molar-refractivity contribution in [3.63, 3.8) is 0 Å². The van der Waals surface area contributed by atoms with Gasteiger partial charge >= 0.3 is 5.97 Å². The fraction of sp³-hybridized carbons (Fsp3) is 0.136. The van der Waals surface area contributed by atoms with E-state index in [-0.39, 0.29) is 29.2 Å². The van der Waals surface area contributed by atoms with Crippen LogP contribution in [0.15, 0.2) is 54.6 Å². The molecule has 4 rings (SSSR count). The molecule has 0 fully saturated rings. The zero-order chi connectivity index (χ0) is 21.4. The third kappa shape index (κ3) is 3.50. The summed E-state index contributed by atoms with van der Waals surface area (Å²) in [6.45, 7) is 0. The molecule has 0 bridgehead atoms. The van der Waals surface area contributed by atoms with Crippen molar-refractivity contribution in [2.45, 2.75) is 18.6 Å². The van der Waals surface area contributed by atoms with Gasteiger partial charge in [-0.1, -0.05) is 30.3 Å². The quantitative estimate of drug-likeness (QED) is 0.328. The highest BCUT2D eigenvalue weighted by Crippen LogP contribution is 2.43. The van der Waals surface area contributed by atoms with Gasteiger partial charge in [0.15, 0.2) is 23.4 Å². The summed E-state index contributed by atoms with van der Waals surface area (Å²) in [6.07, 6.45) is -1.49. The summed E-state index contributed by atoms with van der Waals surface area (Å²) in [6, 6.07) is 13.5. The summed E-state index contributed by atoms with van der Waals surface area (Å²) in [4.78, 5) is 12.7. The number of phenolic OH excluding ortho intramolecular Hbond substituents is 5. The fourth-order valence-corrected chi connectivity index (χ4v) is 3.40. The number of carbonyl (C=O) groups excluding carboxylic acids is 1. The Balaban J connectivity index is 1.69. The second-order valence-corrected chi connectivity index (χ2v) is 6.90. The van der Waals surface area contributed by atoms with Gasteiger partial charge in [0.25, 0.3) is 0 Å². The Labute approximate surface area is 170 Å². The van der Waals surface area contributed by atoms with Gasteiger partial charge in [-0.2, -0.15) is 0 Å². The average molecular weight is 410 g/mol. The van der Waals surface area contributed by atoms with E-state index in [0.29, 0.717) is 11.1 Å². The lowest BCUT2D eigenvalue weighted by Crippen LogP contribution is -2.34. The molecule has 30 heavy (non-hydrogen) atoms. The minimum absolute atomic E-state index is 0.1000. The summed E-state index contributed by atoms with van der Waals surface area (Å²) in [5.74, 6) is -3.03. The lowest BCUT2D eigenvalue weighted by Gasteiger charge is -2.34. The molecule has 1 heterocycles. The van der Waals surface area contributed by atoms with Crippen LogP contribution in [0.25, 0.3) is 0 Å². The van der Waals surface area contributed by atoms with E-state index in [4.69, 9.17) is 9.47 Å². The van der Waals surface area contributed by atoms with Crippen LogP contribution < -0.4 is 4.74 Å². The predicted molar refractivity (Wildman–Crippen MR) is 104 cm³/mol. The minimum Gasteiger partial charge on any atom is -0.508 e. The number of esters is 1. The van der Waals surface area contributed by atoms with Crippen LogP contribution in [0.4, 0.5) is 0 Å². The zero-order valence-corrected chi connectivity index (χ0v) is 15.5. The summed E-state index contributed by atoms with van der Waals surface area (Å²) >= 11 is 0. The summed E-state index contributed by atoms with van der Waals surface area (Å²) in [5, 5.41) is 48.7. The van der Waals surface area contributed by atoms with Crippen LogP contribution in [0.2, 0.25) is 0 Å². The third-order valence-electron chi connectivity index (χ3n) is 4.86. The number of rotatable bonds is 3. The topological polar surface area (TPSA) is 137 Å². The van der Waals surface area contributed by atoms with Gasteiger partial charge in [0, 0.05) is 24.1 Å². The van der Waals surface area contributed by atoms with Gasteiger partial charge in [0.05, 0.1) is 5.56 Å². The number of fused-ring (bicyclic) bond motifs is 1. The van der Waals surface area contributed by atoms with Gasteiger partial charge in [0.2, 0.25) is 0 Å². The molecule has 1 unspecified atom stereocenters. The van der Waals surface area contributed by atoms with Crippen molar-refractivity contribution < 1.29 is 39.8 Å². The Morgan fingerprint density at radius 3 is 2.23 bits per heavy atom. The lowest BCUT2D eigenvalue weighted by molar-refractivity contribution is -0.0188. The highest BCUT2D eigenvalue weighted by Gasteiger charge is 2.36. The number of aromatic hydroxyl groups is 5. The Morgan fingerprint density at radius 2 is 1.57 bits per heavy atom. The number of ether oxygens (including phenoxy) is 2. The molecule has 0 spiro atoms. The molecule has 0 amide bonds. The minimum atomic E-state index is -0.864. The van der Waals surface area contributed by atoms with Crippen molar-refractivity contribution in [1.82, 2.24) is 0 Å². The van der Waals surface area contributed by atoms with E-state index in [1.165, 1.54) is 12.1 Å². The van der Waals surface area contributed by atoms with E-state index >= 15 is 0 Å². The molecule has 0 aromatic heterocycles. The molecule has 1 aliphatic heterocycles. The maximum atomic E-state index is 12.7. The molecule has 8 nitrogen and oxygen atoms in total. The number of hydrogen-bond acceptors (Lipinski definition) is 8. The molecule has 1 aliphatic rings. The Hall–Kier alpha value is -4.07. The molecule has 0 radical (unpaired) electrons. The first kappa shape index (κ1) is 19.3. The molecule has 3 aromatic carbocycles. The van der Waals surface area contributed by atoms with Crippen molar-refractivity contribution >= 4 is 5.97 Å². The Kier molecular flexibility index (Phi) is 4.75. The van der Waals surface area contributed by atoms with Crippen LogP contribution in [0.3, 0.4) is 0 Å². The summed E-state index contributed by atoms with van der Waals surface area (Å²) in [7, 11) is 0. The van der Waals surface area contributed by atoms with Crippen LogP contribution >= 0.6 is 0 Å². The average Bonchev–Trinajstić information content (AvgIpc) is 2.72. The summed E-state index contributed by atoms with van der Waals surface area (Å²) in [5.41, 5.74) is 0.907. The van der Waals surface area contributed by atoms with E-state index in [1.54, 1.807) is 24.3 Å². The summed E-state index contributed by atoms with van der Waals surface area (Å²) < 4.78 is 11.6. The lowest BCUT2D eigenvalue weighted by atomic mass is 9.93. The second-order valence-electron chi connectivity index (χ2n) is 6.90. The number of carbonyl (C=O) groups is 1. The van der Waals surface area contributed by atoms with Gasteiger partial charge in [-0.25, -0.2) is 4.79 Å². The molecule has 0 saturated carbocycles. The van der Waals surface area contributed by atoms with E-state index in [1.807, 2.05) is 6.07 Å². The van der Waals surface area contributed by atoms with Crippen molar-refractivity contribution in [2.75, 3.05) is 0 Å². The molecular formula is C22H18O8. The van der Waals surface area contributed by atoms with Crippen molar-refractivity contribution in [3.05, 3.63) is 71.3 Å². The van der Waals surface area contributed by atoms with Crippen molar-refractivity contribution in [1.29, 1.82) is 0 Å². The van der Waals surface area contributed by atoms with Gasteiger partial charge in [-0.15, -0.1) is 0 Å². The van der Waals surface area contributed by atoms with Gasteiger partial charge < -0.3 is 35.0 Å². The monoisotopic (exact) mass is 410 g/mol. The standard InChI is InChI=1S/C22H18O8/c23-13-8-15(24)14-10-19(21(29-18(14)9-13)11-4-2-1-3-5-11)30-22(28)12-6-16(25)20(27)17(26)7-12/h1-9,19,21,23-27H,10H2/t19?,21-/m1/s1. The third-order valence-corrected chi connectivity index (χ3v) is 4.86. The SMILES string of the molecule is O=C(OC1Cc2c(O)cc(O)cc2O[C@@H]1c1ccccc1)c1cc(O)c(O)c(O)c1. The maximum absolute atomic E-state index is 12.7. The van der Waals surface area contributed by atoms with E-state index in [0.717, 1.165) is 12.1 Å². The molecule has 8 heteroatoms. The smallest absolute Gasteiger partial charge is 0.338 e. The normalized spacial score (nSPS) is 17.6. The molecule has 5 N–H and O–H groups in total. The second kappa shape index (κ2) is 7.40. The predicted octanol–water partition coefficient (Wildman–Crippen LogP) is 3.12. The van der Waals surface area contributed by atoms with E-state index in [2.05, 4.69) is 0 Å². The molecule has 0 saturated heterocycles. The highest BCUT2D eigenvalue weighted by atomic mass is 16.6. The van der Waals surface area contributed by atoms with Gasteiger partial charge in [0.1, 0.15) is 23.4 Å². The van der Waals surface area contributed by atoms with E-state index < -0.39 is 35.4 Å². The molecule has 3 aromatic rings. The fourth-order valence-electron chi connectivity index (χ4n) is 3.40. The van der Waals surface area contributed by atoms with Crippen LogP contribution in [-0.2, 0) is 11.2 Å². The molecule has 2 atom stereocenters. The van der Waals surface area contributed by atoms with Crippen LogP contribution in [-0.4, -0.2) is 37.6 Å². The first-order valence-electron chi connectivity index (χ1n) is 9.06. The van der Waals surface area contributed by atoms with Crippen LogP contribution in [0.5, 0.6) is 34.5 Å². The maximum Gasteiger partial charge on any atom is 0.338 e. The Morgan fingerprint density at radius 1 is 0.900 bits per heavy atom. The first-order chi connectivity index (χ1) is 14.3. The first-order valence-corrected chi connectivity index (χ1v) is 9.06. The number of phenols is 5. The molecular weight excluding hydrogens is 392 g/mol. The largest absolute Gasteiger partial charge is 0.508 e. The van der Waals surface area contributed by atoms with Crippen molar-refractivity contribution in [2.24, 2.45) is 0 Å². The van der Waals surface area contributed by atoms with Crippen LogP contribution in [0.1, 0.15) is 27.6 Å². The van der Waals surface area contributed by atoms with Gasteiger partial charge in [-0.05, 0) is 17.7 Å². The number of hydrogen-bond donors (Lipinski definition) is 5. The zero-order valence-electron chi connectivity index (χ0n) is 15.5.